The van der Waals surface area contributed by atoms with Gasteiger partial charge in [0.05, 0.1) is 11.9 Å². The van der Waals surface area contributed by atoms with E-state index >= 15 is 0 Å². The monoisotopic (exact) mass is 338 g/mol. The summed E-state index contributed by atoms with van der Waals surface area (Å²) in [5.74, 6) is -0.167. The number of hydrogen-bond donors (Lipinski definition) is 1. The van der Waals surface area contributed by atoms with Crippen LogP contribution in [0.15, 0.2) is 42.7 Å². The van der Waals surface area contributed by atoms with Crippen LogP contribution in [0.4, 0.5) is 0 Å². The first-order chi connectivity index (χ1) is 12.2. The van der Waals surface area contributed by atoms with E-state index in [1.807, 2.05) is 32.0 Å². The molecule has 0 radical (unpaired) electrons. The van der Waals surface area contributed by atoms with Gasteiger partial charge in [-0.25, -0.2) is 9.50 Å². The molecule has 130 valence electrons. The third-order valence-corrected chi connectivity index (χ3v) is 3.95. The topological polar surface area (TPSA) is 68.5 Å². The van der Waals surface area contributed by atoms with Crippen LogP contribution in [0, 0.1) is 6.92 Å². The van der Waals surface area contributed by atoms with Gasteiger partial charge in [0, 0.05) is 31.5 Å². The molecule has 6 nitrogen and oxygen atoms in total. The van der Waals surface area contributed by atoms with Crippen LogP contribution in [-0.4, -0.2) is 40.3 Å². The summed E-state index contributed by atoms with van der Waals surface area (Å²) in [5.41, 5.74) is 4.16. The van der Waals surface area contributed by atoms with E-state index in [4.69, 9.17) is 4.74 Å². The number of nitrogens with one attached hydrogen (secondary N) is 1. The minimum Gasteiger partial charge on any atom is -0.382 e. The van der Waals surface area contributed by atoms with Crippen LogP contribution in [0.1, 0.15) is 29.3 Å². The molecule has 0 unspecified atom stereocenters. The number of aromatic nitrogens is 3. The maximum atomic E-state index is 12.4. The Morgan fingerprint density at radius 2 is 2.04 bits per heavy atom. The third-order valence-electron chi connectivity index (χ3n) is 3.95. The van der Waals surface area contributed by atoms with Crippen molar-refractivity contribution >= 4 is 11.6 Å². The van der Waals surface area contributed by atoms with E-state index in [1.54, 1.807) is 16.9 Å². The number of hydrogen-bond acceptors (Lipinski definition) is 4. The number of rotatable bonds is 7. The molecule has 1 N–H and O–H groups in total. The predicted octanol–water partition coefficient (Wildman–Crippen LogP) is 2.86. The molecule has 3 aromatic rings. The van der Waals surface area contributed by atoms with Crippen molar-refractivity contribution < 1.29 is 9.53 Å². The predicted molar refractivity (Wildman–Crippen MR) is 96.6 cm³/mol. The van der Waals surface area contributed by atoms with E-state index in [0.717, 1.165) is 17.7 Å². The van der Waals surface area contributed by atoms with Crippen molar-refractivity contribution in [1.82, 2.24) is 19.9 Å². The molecular weight excluding hydrogens is 316 g/mol. The molecule has 0 aliphatic rings. The van der Waals surface area contributed by atoms with Gasteiger partial charge in [0.25, 0.3) is 5.91 Å². The highest BCUT2D eigenvalue weighted by Crippen LogP contribution is 2.21. The molecular formula is C19H22N4O2. The molecule has 0 atom stereocenters. The lowest BCUT2D eigenvalue weighted by Crippen LogP contribution is -2.25. The molecule has 6 heteroatoms. The van der Waals surface area contributed by atoms with Gasteiger partial charge < -0.3 is 10.1 Å². The number of carbonyl (C=O) groups excluding carboxylic acids is 1. The minimum atomic E-state index is -0.167. The van der Waals surface area contributed by atoms with Gasteiger partial charge in [0.15, 0.2) is 5.65 Å². The van der Waals surface area contributed by atoms with Gasteiger partial charge >= 0.3 is 0 Å². The van der Waals surface area contributed by atoms with Gasteiger partial charge in [-0.05, 0) is 26.3 Å². The lowest BCUT2D eigenvalue weighted by molar-refractivity contribution is 0.0945. The van der Waals surface area contributed by atoms with Crippen molar-refractivity contribution in [3.63, 3.8) is 0 Å². The number of aryl methyl sites for hydroxylation is 1. The number of nitrogens with zero attached hydrogens (tertiary/aromatic N) is 3. The van der Waals surface area contributed by atoms with Crippen LogP contribution in [0.3, 0.4) is 0 Å². The first kappa shape index (κ1) is 17.1. The van der Waals surface area contributed by atoms with Gasteiger partial charge in [-0.3, -0.25) is 4.79 Å². The van der Waals surface area contributed by atoms with Gasteiger partial charge in [-0.2, -0.15) is 5.10 Å². The van der Waals surface area contributed by atoms with E-state index in [0.29, 0.717) is 31.0 Å². The van der Waals surface area contributed by atoms with Gasteiger partial charge in [0.1, 0.15) is 5.56 Å². The van der Waals surface area contributed by atoms with Crippen molar-refractivity contribution in [2.75, 3.05) is 19.8 Å². The summed E-state index contributed by atoms with van der Waals surface area (Å²) in [4.78, 5) is 16.7. The standard InChI is InChI=1S/C19H22N4O2/c1-3-25-12-4-10-21-19(24)16-13-22-23-17(9-11-20-18(16)23)15-7-5-14(2)6-8-15/h5-9,11,13H,3-4,10,12H2,1-2H3,(H,21,24). The first-order valence-electron chi connectivity index (χ1n) is 8.46. The Morgan fingerprint density at radius 1 is 1.24 bits per heavy atom. The summed E-state index contributed by atoms with van der Waals surface area (Å²) in [6.45, 7) is 5.89. The molecule has 0 aliphatic heterocycles. The number of amides is 1. The van der Waals surface area contributed by atoms with E-state index < -0.39 is 0 Å². The molecule has 0 saturated carbocycles. The summed E-state index contributed by atoms with van der Waals surface area (Å²) in [6.07, 6.45) is 4.05. The fourth-order valence-electron chi connectivity index (χ4n) is 2.61. The molecule has 0 bridgehead atoms. The highest BCUT2D eigenvalue weighted by molar-refractivity contribution is 5.99. The highest BCUT2D eigenvalue weighted by atomic mass is 16.5. The van der Waals surface area contributed by atoms with E-state index in [9.17, 15) is 4.79 Å². The fraction of sp³-hybridized carbons (Fsp3) is 0.316. The zero-order chi connectivity index (χ0) is 17.6. The SMILES string of the molecule is CCOCCCNC(=O)c1cnn2c(-c3ccc(C)cc3)ccnc12. The Labute approximate surface area is 146 Å². The average molecular weight is 338 g/mol. The molecule has 1 amide bonds. The molecule has 0 saturated heterocycles. The molecule has 2 heterocycles. The second-order valence-corrected chi connectivity index (χ2v) is 5.80. The van der Waals surface area contributed by atoms with Crippen LogP contribution < -0.4 is 5.32 Å². The zero-order valence-electron chi connectivity index (χ0n) is 14.5. The van der Waals surface area contributed by atoms with Crippen molar-refractivity contribution in [2.45, 2.75) is 20.3 Å². The fourth-order valence-corrected chi connectivity index (χ4v) is 2.61. The largest absolute Gasteiger partial charge is 0.382 e. The normalized spacial score (nSPS) is 11.0. The second-order valence-electron chi connectivity index (χ2n) is 5.80. The van der Waals surface area contributed by atoms with Crippen LogP contribution >= 0.6 is 0 Å². The molecule has 0 spiro atoms. The smallest absolute Gasteiger partial charge is 0.256 e. The van der Waals surface area contributed by atoms with Gasteiger partial charge in [0.2, 0.25) is 0 Å². The maximum Gasteiger partial charge on any atom is 0.256 e. The molecule has 0 aliphatic carbocycles. The zero-order valence-corrected chi connectivity index (χ0v) is 14.5. The summed E-state index contributed by atoms with van der Waals surface area (Å²) in [7, 11) is 0. The molecule has 25 heavy (non-hydrogen) atoms. The lowest BCUT2D eigenvalue weighted by atomic mass is 10.1. The van der Waals surface area contributed by atoms with Crippen molar-refractivity contribution in [3.8, 4) is 11.3 Å². The van der Waals surface area contributed by atoms with E-state index in [-0.39, 0.29) is 5.91 Å². The Morgan fingerprint density at radius 3 is 2.80 bits per heavy atom. The molecule has 2 aromatic heterocycles. The maximum absolute atomic E-state index is 12.4. The van der Waals surface area contributed by atoms with Crippen LogP contribution in [-0.2, 0) is 4.74 Å². The quantitative estimate of drug-likeness (QED) is 0.673. The third kappa shape index (κ3) is 3.85. The van der Waals surface area contributed by atoms with Crippen LogP contribution in [0.25, 0.3) is 16.9 Å². The lowest BCUT2D eigenvalue weighted by Gasteiger charge is -2.06. The van der Waals surface area contributed by atoms with Gasteiger partial charge in [-0.15, -0.1) is 0 Å². The van der Waals surface area contributed by atoms with Crippen molar-refractivity contribution in [3.05, 3.63) is 53.9 Å². The van der Waals surface area contributed by atoms with Crippen LogP contribution in [0.5, 0.6) is 0 Å². The van der Waals surface area contributed by atoms with Crippen molar-refractivity contribution in [1.29, 1.82) is 0 Å². The van der Waals surface area contributed by atoms with E-state index in [2.05, 4.69) is 27.5 Å². The first-order valence-corrected chi connectivity index (χ1v) is 8.46. The molecule has 1 aromatic carbocycles. The second kappa shape index (κ2) is 7.90. The summed E-state index contributed by atoms with van der Waals surface area (Å²) in [5, 5.41) is 7.26. The summed E-state index contributed by atoms with van der Waals surface area (Å²) < 4.78 is 6.98. The number of carbonyl (C=O) groups is 1. The Hall–Kier alpha value is -2.73. The van der Waals surface area contributed by atoms with Crippen molar-refractivity contribution in [2.24, 2.45) is 0 Å². The Balaban J connectivity index is 1.81. The average Bonchev–Trinajstić information content (AvgIpc) is 3.06. The van der Waals surface area contributed by atoms with Gasteiger partial charge in [-0.1, -0.05) is 29.8 Å². The Bertz CT molecular complexity index is 855. The number of fused-ring (bicyclic) bond motifs is 1. The number of ether oxygens (including phenoxy) is 1. The number of benzene rings is 1. The van der Waals surface area contributed by atoms with E-state index in [1.165, 1.54) is 5.56 Å². The summed E-state index contributed by atoms with van der Waals surface area (Å²) >= 11 is 0. The molecule has 0 fully saturated rings. The van der Waals surface area contributed by atoms with Crippen LogP contribution in [0.2, 0.25) is 0 Å². The minimum absolute atomic E-state index is 0.167. The highest BCUT2D eigenvalue weighted by Gasteiger charge is 2.15. The summed E-state index contributed by atoms with van der Waals surface area (Å²) in [6, 6.07) is 10.1. The Kier molecular flexibility index (Phi) is 5.40. The molecule has 3 rings (SSSR count).